The lowest BCUT2D eigenvalue weighted by Gasteiger charge is -2.37. The van der Waals surface area contributed by atoms with Crippen LogP contribution in [0.2, 0.25) is 0 Å². The number of halogens is 1. The van der Waals surface area contributed by atoms with Crippen molar-refractivity contribution in [3.05, 3.63) is 66.1 Å². The smallest absolute Gasteiger partial charge is 0.228 e. The molecule has 2 aromatic carbocycles. The first-order valence-electron chi connectivity index (χ1n) is 12.0. The Labute approximate surface area is 199 Å². The van der Waals surface area contributed by atoms with Gasteiger partial charge in [-0.05, 0) is 54.7 Å². The maximum absolute atomic E-state index is 13.2. The molecular weight excluding hydrogens is 431 g/mol. The third-order valence-electron chi connectivity index (χ3n) is 6.37. The van der Waals surface area contributed by atoms with E-state index in [0.29, 0.717) is 37.7 Å². The number of aromatic nitrogens is 1. The van der Waals surface area contributed by atoms with Gasteiger partial charge in [0.25, 0.3) is 0 Å². The number of anilines is 1. The van der Waals surface area contributed by atoms with Crippen molar-refractivity contribution in [1.29, 1.82) is 0 Å². The van der Waals surface area contributed by atoms with E-state index in [4.69, 9.17) is 0 Å². The van der Waals surface area contributed by atoms with E-state index in [1.165, 1.54) is 23.1 Å². The van der Waals surface area contributed by atoms with Gasteiger partial charge in [-0.25, -0.2) is 4.39 Å². The van der Waals surface area contributed by atoms with Crippen LogP contribution in [0.4, 0.5) is 10.1 Å². The number of nitrogens with one attached hydrogen (secondary N) is 3. The van der Waals surface area contributed by atoms with Crippen molar-refractivity contribution in [2.45, 2.75) is 26.7 Å². The summed E-state index contributed by atoms with van der Waals surface area (Å²) >= 11 is 0. The first kappa shape index (κ1) is 24.0. The van der Waals surface area contributed by atoms with E-state index in [-0.39, 0.29) is 29.5 Å². The molecule has 4 rings (SSSR count). The highest BCUT2D eigenvalue weighted by Crippen LogP contribution is 2.25. The number of nitrogens with zero attached hydrogens (tertiary/aromatic N) is 1. The maximum Gasteiger partial charge on any atom is 0.228 e. The van der Waals surface area contributed by atoms with Gasteiger partial charge >= 0.3 is 0 Å². The molecule has 1 saturated heterocycles. The van der Waals surface area contributed by atoms with Gasteiger partial charge in [0.05, 0.1) is 11.8 Å². The Morgan fingerprint density at radius 1 is 1.06 bits per heavy atom. The third kappa shape index (κ3) is 6.03. The summed E-state index contributed by atoms with van der Waals surface area (Å²) in [5, 5.41) is 7.15. The Morgan fingerprint density at radius 3 is 2.50 bits per heavy atom. The highest BCUT2D eigenvalue weighted by atomic mass is 19.1. The number of rotatable bonds is 8. The molecule has 3 aromatic rings. The minimum atomic E-state index is -0.344. The predicted octanol–water partition coefficient (Wildman–Crippen LogP) is 4.20. The van der Waals surface area contributed by atoms with Gasteiger partial charge in [-0.3, -0.25) is 9.59 Å². The van der Waals surface area contributed by atoms with Crippen LogP contribution in [0.15, 0.2) is 54.7 Å². The van der Waals surface area contributed by atoms with Crippen LogP contribution in [0.1, 0.15) is 25.8 Å². The van der Waals surface area contributed by atoms with E-state index in [1.807, 2.05) is 24.4 Å². The van der Waals surface area contributed by atoms with Crippen LogP contribution < -0.4 is 10.6 Å². The number of H-pyrrole nitrogens is 1. The molecule has 0 aliphatic carbocycles. The molecule has 180 valence electrons. The Hall–Kier alpha value is -3.19. The molecule has 34 heavy (non-hydrogen) atoms. The lowest BCUT2D eigenvalue weighted by Crippen LogP contribution is -2.50. The lowest BCUT2D eigenvalue weighted by atomic mass is 9.87. The van der Waals surface area contributed by atoms with Gasteiger partial charge < -0.3 is 20.5 Å². The fourth-order valence-electron chi connectivity index (χ4n) is 4.82. The van der Waals surface area contributed by atoms with Crippen molar-refractivity contribution in [3.8, 4) is 0 Å². The van der Waals surface area contributed by atoms with E-state index >= 15 is 0 Å². The first-order valence-corrected chi connectivity index (χ1v) is 12.0. The molecule has 2 amide bonds. The van der Waals surface area contributed by atoms with Crippen molar-refractivity contribution < 1.29 is 14.0 Å². The predicted molar refractivity (Wildman–Crippen MR) is 133 cm³/mol. The number of piperidine rings is 1. The summed E-state index contributed by atoms with van der Waals surface area (Å²) in [5.41, 5.74) is 2.83. The topological polar surface area (TPSA) is 77.2 Å². The average molecular weight is 465 g/mol. The number of carbonyl (C=O) groups is 2. The summed E-state index contributed by atoms with van der Waals surface area (Å²) in [4.78, 5) is 31.5. The van der Waals surface area contributed by atoms with Gasteiger partial charge in [0.1, 0.15) is 5.82 Å². The average Bonchev–Trinajstić information content (AvgIpc) is 3.23. The number of benzene rings is 2. The van der Waals surface area contributed by atoms with Crippen LogP contribution in [0, 0.1) is 23.6 Å². The Bertz CT molecular complexity index is 1130. The summed E-state index contributed by atoms with van der Waals surface area (Å²) in [5.74, 6) is -0.599. The molecule has 3 N–H and O–H groups in total. The number of hydrogen-bond donors (Lipinski definition) is 3. The molecule has 6 nitrogen and oxygen atoms in total. The molecule has 0 unspecified atom stereocenters. The summed E-state index contributed by atoms with van der Waals surface area (Å²) in [6, 6.07) is 13.9. The van der Waals surface area contributed by atoms with Gasteiger partial charge in [0.2, 0.25) is 11.8 Å². The lowest BCUT2D eigenvalue weighted by molar-refractivity contribution is -0.130. The largest absolute Gasteiger partial charge is 0.361 e. The normalized spacial score (nSPS) is 18.8. The molecule has 2 heterocycles. The zero-order valence-corrected chi connectivity index (χ0v) is 19.8. The molecule has 0 bridgehead atoms. The second-order valence-electron chi connectivity index (χ2n) is 9.64. The Balaban J connectivity index is 1.37. The number of carbonyl (C=O) groups excluding carboxylic acids is 2. The van der Waals surface area contributed by atoms with Crippen LogP contribution in [-0.2, 0) is 16.0 Å². The molecule has 1 aromatic heterocycles. The molecular formula is C27H33FN4O2. The fraction of sp³-hybridized carbons (Fsp3) is 0.407. The van der Waals surface area contributed by atoms with Crippen molar-refractivity contribution >= 4 is 28.4 Å². The highest BCUT2D eigenvalue weighted by Gasteiger charge is 2.35. The zero-order chi connectivity index (χ0) is 24.1. The first-order chi connectivity index (χ1) is 16.4. The summed E-state index contributed by atoms with van der Waals surface area (Å²) in [6.45, 7) is 6.92. The highest BCUT2D eigenvalue weighted by molar-refractivity contribution is 5.93. The van der Waals surface area contributed by atoms with Gasteiger partial charge in [-0.1, -0.05) is 32.0 Å². The second kappa shape index (κ2) is 10.8. The SMILES string of the molecule is CC(C)CN1C[C@@H](C(=O)NCCc2c[nH]c3ccccc23)C[C@@H](C(=O)Nc2ccc(F)cc2)C1. The maximum atomic E-state index is 13.2. The number of para-hydroxylation sites is 1. The molecule has 2 atom stereocenters. The molecule has 1 aliphatic rings. The van der Waals surface area contributed by atoms with E-state index in [1.54, 1.807) is 12.1 Å². The van der Waals surface area contributed by atoms with Gasteiger partial charge in [0.15, 0.2) is 0 Å². The molecule has 0 saturated carbocycles. The molecule has 1 aliphatic heterocycles. The van der Waals surface area contributed by atoms with Crippen LogP contribution in [0.3, 0.4) is 0 Å². The standard InChI is InChI=1S/C27H33FN4O2/c1-18(2)15-32-16-20(13-21(17-32)27(34)31-23-9-7-22(28)8-10-23)26(33)29-12-11-19-14-30-25-6-4-3-5-24(19)25/h3-10,14,18,20-21,30H,11-13,15-17H2,1-2H3,(H,29,33)(H,31,34)/t20-,21+/m0/s1. The number of likely N-dealkylation sites (tertiary alicyclic amines) is 1. The van der Waals surface area contributed by atoms with Crippen molar-refractivity contribution in [1.82, 2.24) is 15.2 Å². The van der Waals surface area contributed by atoms with Crippen LogP contribution in [0.5, 0.6) is 0 Å². The zero-order valence-electron chi connectivity index (χ0n) is 19.8. The van der Waals surface area contributed by atoms with Crippen molar-refractivity contribution in [2.75, 3.05) is 31.5 Å². The Morgan fingerprint density at radius 2 is 1.76 bits per heavy atom. The minimum absolute atomic E-state index is 0.00659. The molecule has 1 fully saturated rings. The minimum Gasteiger partial charge on any atom is -0.361 e. The quantitative estimate of drug-likeness (QED) is 0.468. The van der Waals surface area contributed by atoms with Crippen LogP contribution >= 0.6 is 0 Å². The van der Waals surface area contributed by atoms with Gasteiger partial charge in [-0.2, -0.15) is 0 Å². The van der Waals surface area contributed by atoms with E-state index < -0.39 is 0 Å². The molecule has 7 heteroatoms. The monoisotopic (exact) mass is 464 g/mol. The number of fused-ring (bicyclic) bond motifs is 1. The van der Waals surface area contributed by atoms with E-state index in [0.717, 1.165) is 18.5 Å². The molecule has 0 spiro atoms. The summed E-state index contributed by atoms with van der Waals surface area (Å²) in [7, 11) is 0. The summed E-state index contributed by atoms with van der Waals surface area (Å²) in [6.07, 6.45) is 3.24. The second-order valence-corrected chi connectivity index (χ2v) is 9.64. The van der Waals surface area contributed by atoms with E-state index in [2.05, 4.69) is 40.4 Å². The third-order valence-corrected chi connectivity index (χ3v) is 6.37. The van der Waals surface area contributed by atoms with Crippen molar-refractivity contribution in [2.24, 2.45) is 17.8 Å². The van der Waals surface area contributed by atoms with E-state index in [9.17, 15) is 14.0 Å². The van der Waals surface area contributed by atoms with Crippen molar-refractivity contribution in [3.63, 3.8) is 0 Å². The van der Waals surface area contributed by atoms with Crippen LogP contribution in [-0.4, -0.2) is 47.9 Å². The Kier molecular flexibility index (Phi) is 7.63. The molecule has 0 radical (unpaired) electrons. The van der Waals surface area contributed by atoms with Gasteiger partial charge in [0, 0.05) is 49.0 Å². The van der Waals surface area contributed by atoms with Gasteiger partial charge in [-0.15, -0.1) is 0 Å². The summed E-state index contributed by atoms with van der Waals surface area (Å²) < 4.78 is 13.2. The van der Waals surface area contributed by atoms with Crippen LogP contribution in [0.25, 0.3) is 10.9 Å². The number of amides is 2. The number of aromatic amines is 1. The fourth-order valence-corrected chi connectivity index (χ4v) is 4.82. The number of hydrogen-bond acceptors (Lipinski definition) is 3.